The first kappa shape index (κ1) is 15.3. The third-order valence-electron chi connectivity index (χ3n) is 3.34. The summed E-state index contributed by atoms with van der Waals surface area (Å²) in [4.78, 5) is 27.5. The molecule has 6 heteroatoms. The van der Waals surface area contributed by atoms with E-state index in [2.05, 4.69) is 36.7 Å². The Balaban J connectivity index is 2.59. The number of hydrogen-bond acceptors (Lipinski definition) is 4. The lowest BCUT2D eigenvalue weighted by molar-refractivity contribution is -0.137. The van der Waals surface area contributed by atoms with Crippen molar-refractivity contribution in [3.05, 3.63) is 0 Å². The fraction of sp³-hybridized carbons (Fsp3) is 0.833. The van der Waals surface area contributed by atoms with Crippen LogP contribution in [0.15, 0.2) is 0 Å². The van der Waals surface area contributed by atoms with Gasteiger partial charge in [0.2, 0.25) is 11.8 Å². The van der Waals surface area contributed by atoms with Gasteiger partial charge in [0, 0.05) is 38.4 Å². The molecule has 1 fully saturated rings. The zero-order valence-corrected chi connectivity index (χ0v) is 12.2. The highest BCUT2D eigenvalue weighted by Gasteiger charge is 2.29. The summed E-state index contributed by atoms with van der Waals surface area (Å²) in [6, 6.07) is -0.142. The van der Waals surface area contributed by atoms with E-state index < -0.39 is 6.04 Å². The molecule has 0 saturated carbocycles. The van der Waals surface area contributed by atoms with Gasteiger partial charge < -0.3 is 10.2 Å². The lowest BCUT2D eigenvalue weighted by Crippen LogP contribution is -2.58. The Bertz CT molecular complexity index is 312. The summed E-state index contributed by atoms with van der Waals surface area (Å²) < 4.78 is 0. The lowest BCUT2D eigenvalue weighted by atomic mass is 10.1. The molecule has 0 aliphatic carbocycles. The second-order valence-electron chi connectivity index (χ2n) is 4.70. The molecule has 0 bridgehead atoms. The molecular formula is C12H23N3O2S. The second-order valence-corrected chi connectivity index (χ2v) is 5.06. The Morgan fingerprint density at radius 2 is 2.11 bits per heavy atom. The summed E-state index contributed by atoms with van der Waals surface area (Å²) in [5.41, 5.74) is 0. The maximum Gasteiger partial charge on any atom is 0.246 e. The van der Waals surface area contributed by atoms with E-state index in [-0.39, 0.29) is 11.8 Å². The highest BCUT2D eigenvalue weighted by atomic mass is 32.1. The Morgan fingerprint density at radius 3 is 2.56 bits per heavy atom. The molecule has 1 heterocycles. The van der Waals surface area contributed by atoms with E-state index in [1.165, 1.54) is 6.92 Å². The average molecular weight is 273 g/mol. The van der Waals surface area contributed by atoms with Gasteiger partial charge in [0.15, 0.2) is 0 Å². The highest BCUT2D eigenvalue weighted by molar-refractivity contribution is 7.80. The van der Waals surface area contributed by atoms with Crippen LogP contribution in [0.2, 0.25) is 0 Å². The molecule has 104 valence electrons. The molecule has 5 nitrogen and oxygen atoms in total. The number of carbonyl (C=O) groups is 2. The van der Waals surface area contributed by atoms with Crippen LogP contribution in [-0.4, -0.2) is 65.6 Å². The summed E-state index contributed by atoms with van der Waals surface area (Å²) >= 11 is 4.14. The summed E-state index contributed by atoms with van der Waals surface area (Å²) in [5.74, 6) is 0.117. The maximum atomic E-state index is 12.2. The summed E-state index contributed by atoms with van der Waals surface area (Å²) in [5, 5.41) is 2.65. The van der Waals surface area contributed by atoms with E-state index in [0.29, 0.717) is 11.8 Å². The summed E-state index contributed by atoms with van der Waals surface area (Å²) in [7, 11) is 0. The van der Waals surface area contributed by atoms with Crippen molar-refractivity contribution in [2.75, 3.05) is 31.9 Å². The molecule has 2 amide bonds. The Kier molecular flexibility index (Phi) is 5.95. The molecule has 0 aromatic carbocycles. The van der Waals surface area contributed by atoms with Crippen LogP contribution in [0.4, 0.5) is 0 Å². The minimum absolute atomic E-state index is 0.0252. The van der Waals surface area contributed by atoms with E-state index >= 15 is 0 Å². The fourth-order valence-corrected chi connectivity index (χ4v) is 2.56. The molecular weight excluding hydrogens is 250 g/mol. The molecule has 0 radical (unpaired) electrons. The molecule has 1 saturated heterocycles. The third kappa shape index (κ3) is 3.88. The first-order chi connectivity index (χ1) is 8.49. The zero-order valence-electron chi connectivity index (χ0n) is 11.3. The van der Waals surface area contributed by atoms with Crippen LogP contribution in [0.5, 0.6) is 0 Å². The van der Waals surface area contributed by atoms with Gasteiger partial charge in [-0.1, -0.05) is 6.92 Å². The van der Waals surface area contributed by atoms with Crippen molar-refractivity contribution in [2.45, 2.75) is 32.9 Å². The monoisotopic (exact) mass is 273 g/mol. The van der Waals surface area contributed by atoms with Crippen molar-refractivity contribution in [2.24, 2.45) is 0 Å². The van der Waals surface area contributed by atoms with Gasteiger partial charge in [-0.25, -0.2) is 0 Å². The van der Waals surface area contributed by atoms with Crippen LogP contribution in [0, 0.1) is 0 Å². The van der Waals surface area contributed by atoms with Crippen molar-refractivity contribution >= 4 is 24.4 Å². The molecule has 0 aromatic heterocycles. The number of nitrogens with one attached hydrogen (secondary N) is 1. The van der Waals surface area contributed by atoms with Crippen LogP contribution in [0.1, 0.15) is 20.8 Å². The highest BCUT2D eigenvalue weighted by Crippen LogP contribution is 2.10. The van der Waals surface area contributed by atoms with Crippen molar-refractivity contribution in [3.63, 3.8) is 0 Å². The Labute approximate surface area is 114 Å². The quantitative estimate of drug-likeness (QED) is 0.708. The van der Waals surface area contributed by atoms with Gasteiger partial charge in [0.25, 0.3) is 0 Å². The van der Waals surface area contributed by atoms with Crippen molar-refractivity contribution in [3.8, 4) is 0 Å². The fourth-order valence-electron chi connectivity index (χ4n) is 2.32. The van der Waals surface area contributed by atoms with E-state index in [9.17, 15) is 9.59 Å². The van der Waals surface area contributed by atoms with Crippen LogP contribution in [0.25, 0.3) is 0 Å². The van der Waals surface area contributed by atoms with E-state index in [1.807, 2.05) is 4.90 Å². The van der Waals surface area contributed by atoms with Crippen molar-refractivity contribution < 1.29 is 9.59 Å². The number of carbonyl (C=O) groups excluding carboxylic acids is 2. The van der Waals surface area contributed by atoms with Crippen LogP contribution in [0.3, 0.4) is 0 Å². The molecule has 1 aliphatic rings. The Morgan fingerprint density at radius 1 is 1.44 bits per heavy atom. The van der Waals surface area contributed by atoms with Gasteiger partial charge in [0.1, 0.15) is 6.04 Å². The molecule has 2 unspecified atom stereocenters. The minimum Gasteiger partial charge on any atom is -0.344 e. The first-order valence-electron chi connectivity index (χ1n) is 6.40. The van der Waals surface area contributed by atoms with Crippen LogP contribution >= 0.6 is 12.6 Å². The molecule has 0 spiro atoms. The number of piperazine rings is 1. The molecule has 1 aliphatic heterocycles. The zero-order chi connectivity index (χ0) is 13.7. The molecule has 18 heavy (non-hydrogen) atoms. The number of rotatable bonds is 4. The minimum atomic E-state index is -0.508. The van der Waals surface area contributed by atoms with E-state index in [1.54, 1.807) is 0 Å². The van der Waals surface area contributed by atoms with Gasteiger partial charge in [-0.15, -0.1) is 0 Å². The topological polar surface area (TPSA) is 52.6 Å². The molecule has 1 rings (SSSR count). The van der Waals surface area contributed by atoms with Crippen molar-refractivity contribution in [1.29, 1.82) is 0 Å². The van der Waals surface area contributed by atoms with Crippen LogP contribution in [-0.2, 0) is 9.59 Å². The SMILES string of the molecule is CCN1CCN(C(=O)C(CS)NC(C)=O)CC1C. The number of thiol groups is 1. The van der Waals surface area contributed by atoms with Gasteiger partial charge in [-0.2, -0.15) is 12.6 Å². The Hall–Kier alpha value is -0.750. The number of hydrogen-bond donors (Lipinski definition) is 2. The van der Waals surface area contributed by atoms with Crippen molar-refractivity contribution in [1.82, 2.24) is 15.1 Å². The van der Waals surface area contributed by atoms with E-state index in [4.69, 9.17) is 0 Å². The van der Waals surface area contributed by atoms with Crippen LogP contribution < -0.4 is 5.32 Å². The smallest absolute Gasteiger partial charge is 0.246 e. The predicted molar refractivity (Wildman–Crippen MR) is 74.7 cm³/mol. The maximum absolute atomic E-state index is 12.2. The van der Waals surface area contributed by atoms with Gasteiger partial charge in [-0.05, 0) is 13.5 Å². The summed E-state index contributed by atoms with van der Waals surface area (Å²) in [6.07, 6.45) is 0. The van der Waals surface area contributed by atoms with E-state index in [0.717, 1.165) is 26.2 Å². The third-order valence-corrected chi connectivity index (χ3v) is 3.71. The number of likely N-dealkylation sites (N-methyl/N-ethyl adjacent to an activating group) is 1. The average Bonchev–Trinajstić information content (AvgIpc) is 2.34. The molecule has 1 N–H and O–H groups in total. The lowest BCUT2D eigenvalue weighted by Gasteiger charge is -2.40. The number of amides is 2. The predicted octanol–water partition coefficient (Wildman–Crippen LogP) is -0.0265. The molecule has 2 atom stereocenters. The van der Waals surface area contributed by atoms with Gasteiger partial charge in [0.05, 0.1) is 0 Å². The normalized spacial score (nSPS) is 22.7. The van der Waals surface area contributed by atoms with Gasteiger partial charge >= 0.3 is 0 Å². The standard InChI is InChI=1S/C12H23N3O2S/c1-4-14-5-6-15(7-9(14)2)12(17)11(8-18)13-10(3)16/h9,11,18H,4-8H2,1-3H3,(H,13,16). The molecule has 0 aromatic rings. The number of nitrogens with zero attached hydrogens (tertiary/aromatic N) is 2. The summed E-state index contributed by atoms with van der Waals surface area (Å²) in [6.45, 7) is 9.01. The van der Waals surface area contributed by atoms with Gasteiger partial charge in [-0.3, -0.25) is 14.5 Å². The second kappa shape index (κ2) is 6.99. The first-order valence-corrected chi connectivity index (χ1v) is 7.03. The largest absolute Gasteiger partial charge is 0.344 e.